The number of hydrogen-bond donors (Lipinski definition) is 2. The number of pyridine rings is 1. The number of aromatic amines is 1. The fourth-order valence-electron chi connectivity index (χ4n) is 2.30. The first-order valence-corrected chi connectivity index (χ1v) is 6.65. The van der Waals surface area contributed by atoms with E-state index in [1.165, 1.54) is 6.07 Å². The van der Waals surface area contributed by atoms with E-state index in [2.05, 4.69) is 15.3 Å². The highest BCUT2D eigenvalue weighted by Crippen LogP contribution is 2.33. The number of nitro benzene ring substituents is 1. The second-order valence-electron chi connectivity index (χ2n) is 4.69. The van der Waals surface area contributed by atoms with Crippen LogP contribution < -0.4 is 5.32 Å². The van der Waals surface area contributed by atoms with Crippen LogP contribution in [0, 0.1) is 10.1 Å². The van der Waals surface area contributed by atoms with Crippen molar-refractivity contribution in [3.8, 4) is 0 Å². The Morgan fingerprint density at radius 2 is 2.05 bits per heavy atom. The zero-order valence-corrected chi connectivity index (χ0v) is 11.5. The summed E-state index contributed by atoms with van der Waals surface area (Å²) in [5.74, 6) is 0. The molecule has 106 valence electrons. The van der Waals surface area contributed by atoms with Gasteiger partial charge in [0.15, 0.2) is 0 Å². The molecular formula is C15H14N4O2. The lowest BCUT2D eigenvalue weighted by Gasteiger charge is -2.07. The maximum atomic E-state index is 11.1. The lowest BCUT2D eigenvalue weighted by Crippen LogP contribution is -1.94. The van der Waals surface area contributed by atoms with Crippen molar-refractivity contribution in [1.82, 2.24) is 9.97 Å². The molecule has 0 amide bonds. The van der Waals surface area contributed by atoms with Crippen molar-refractivity contribution in [2.24, 2.45) is 0 Å². The number of benzene rings is 1. The van der Waals surface area contributed by atoms with E-state index in [1.807, 2.05) is 25.1 Å². The van der Waals surface area contributed by atoms with Crippen LogP contribution >= 0.6 is 0 Å². The highest BCUT2D eigenvalue weighted by atomic mass is 16.6. The number of hydrogen-bond acceptors (Lipinski definition) is 4. The number of H-pyrrole nitrogens is 1. The molecule has 3 aromatic rings. The number of nitro groups is 1. The number of nitrogens with zero attached hydrogens (tertiary/aromatic N) is 2. The standard InChI is InChI=1S/C15H14N4O2/c1-2-10-9-12-13(17-11-5-7-16-8-6-11)3-4-14(19(20)21)15(12)18-10/h3-9,18H,2H2,1H3,(H,16,17). The van der Waals surface area contributed by atoms with Crippen molar-refractivity contribution in [2.45, 2.75) is 13.3 Å². The number of nitrogens with one attached hydrogen (secondary N) is 2. The summed E-state index contributed by atoms with van der Waals surface area (Å²) >= 11 is 0. The molecule has 0 radical (unpaired) electrons. The summed E-state index contributed by atoms with van der Waals surface area (Å²) in [7, 11) is 0. The zero-order chi connectivity index (χ0) is 14.8. The molecule has 3 rings (SSSR count). The molecule has 0 unspecified atom stereocenters. The van der Waals surface area contributed by atoms with Gasteiger partial charge in [-0.1, -0.05) is 6.92 Å². The largest absolute Gasteiger partial charge is 0.355 e. The summed E-state index contributed by atoms with van der Waals surface area (Å²) < 4.78 is 0. The van der Waals surface area contributed by atoms with Gasteiger partial charge < -0.3 is 10.3 Å². The minimum absolute atomic E-state index is 0.0879. The fourth-order valence-corrected chi connectivity index (χ4v) is 2.30. The van der Waals surface area contributed by atoms with E-state index in [-0.39, 0.29) is 10.6 Å². The van der Waals surface area contributed by atoms with Crippen LogP contribution in [0.2, 0.25) is 0 Å². The summed E-state index contributed by atoms with van der Waals surface area (Å²) in [6, 6.07) is 8.89. The van der Waals surface area contributed by atoms with Crippen LogP contribution in [0.5, 0.6) is 0 Å². The lowest BCUT2D eigenvalue weighted by molar-refractivity contribution is -0.383. The van der Waals surface area contributed by atoms with Crippen LogP contribution in [0.15, 0.2) is 42.7 Å². The summed E-state index contributed by atoms with van der Waals surface area (Å²) in [5, 5.41) is 15.2. The van der Waals surface area contributed by atoms with Crippen molar-refractivity contribution < 1.29 is 4.92 Å². The number of anilines is 2. The Bertz CT molecular complexity index is 796. The van der Waals surface area contributed by atoms with Gasteiger partial charge in [0.1, 0.15) is 5.52 Å². The molecule has 0 saturated heterocycles. The van der Waals surface area contributed by atoms with Gasteiger partial charge in [0, 0.05) is 40.9 Å². The molecule has 0 spiro atoms. The molecule has 6 nitrogen and oxygen atoms in total. The summed E-state index contributed by atoms with van der Waals surface area (Å²) in [5.41, 5.74) is 3.33. The van der Waals surface area contributed by atoms with Crippen LogP contribution in [0.1, 0.15) is 12.6 Å². The molecule has 0 aliphatic carbocycles. The number of aryl methyl sites for hydroxylation is 1. The minimum Gasteiger partial charge on any atom is -0.355 e. The molecule has 0 aliphatic heterocycles. The van der Waals surface area contributed by atoms with Gasteiger partial charge in [0.25, 0.3) is 5.69 Å². The number of fused-ring (bicyclic) bond motifs is 1. The molecule has 0 atom stereocenters. The van der Waals surface area contributed by atoms with Gasteiger partial charge in [-0.3, -0.25) is 15.1 Å². The average molecular weight is 282 g/mol. The van der Waals surface area contributed by atoms with Gasteiger partial charge in [-0.15, -0.1) is 0 Å². The summed E-state index contributed by atoms with van der Waals surface area (Å²) in [4.78, 5) is 17.9. The SMILES string of the molecule is CCc1cc2c(Nc3ccncc3)ccc([N+](=O)[O-])c2[nH]1. The normalized spacial score (nSPS) is 10.7. The quantitative estimate of drug-likeness (QED) is 0.563. The molecule has 0 aliphatic rings. The monoisotopic (exact) mass is 282 g/mol. The van der Waals surface area contributed by atoms with Crippen LogP contribution in [0.25, 0.3) is 10.9 Å². The molecule has 2 aromatic heterocycles. The number of non-ortho nitro benzene ring substituents is 1. The van der Waals surface area contributed by atoms with Crippen molar-refractivity contribution >= 4 is 28.0 Å². The highest BCUT2D eigenvalue weighted by molar-refractivity contribution is 5.99. The smallest absolute Gasteiger partial charge is 0.293 e. The molecule has 21 heavy (non-hydrogen) atoms. The van der Waals surface area contributed by atoms with E-state index >= 15 is 0 Å². The van der Waals surface area contributed by atoms with E-state index < -0.39 is 0 Å². The fraction of sp³-hybridized carbons (Fsp3) is 0.133. The van der Waals surface area contributed by atoms with Gasteiger partial charge in [0.05, 0.1) is 4.92 Å². The first-order chi connectivity index (χ1) is 10.2. The maximum absolute atomic E-state index is 11.1. The topological polar surface area (TPSA) is 83.8 Å². The molecule has 0 fully saturated rings. The number of aromatic nitrogens is 2. The van der Waals surface area contributed by atoms with Crippen LogP contribution in [-0.4, -0.2) is 14.9 Å². The third kappa shape index (κ3) is 2.43. The first-order valence-electron chi connectivity index (χ1n) is 6.65. The van der Waals surface area contributed by atoms with Gasteiger partial charge >= 0.3 is 0 Å². The Balaban J connectivity index is 2.13. The van der Waals surface area contributed by atoms with E-state index in [0.717, 1.165) is 28.9 Å². The van der Waals surface area contributed by atoms with Gasteiger partial charge in [0.2, 0.25) is 0 Å². The van der Waals surface area contributed by atoms with Crippen molar-refractivity contribution in [3.05, 3.63) is 58.5 Å². The van der Waals surface area contributed by atoms with E-state index in [0.29, 0.717) is 5.52 Å². The second-order valence-corrected chi connectivity index (χ2v) is 4.69. The third-order valence-corrected chi connectivity index (χ3v) is 3.36. The van der Waals surface area contributed by atoms with Gasteiger partial charge in [-0.25, -0.2) is 0 Å². The van der Waals surface area contributed by atoms with E-state index in [4.69, 9.17) is 0 Å². The van der Waals surface area contributed by atoms with Crippen molar-refractivity contribution in [1.29, 1.82) is 0 Å². The molecule has 6 heteroatoms. The molecule has 2 N–H and O–H groups in total. The molecule has 2 heterocycles. The van der Waals surface area contributed by atoms with Crippen LogP contribution in [0.4, 0.5) is 17.1 Å². The molecule has 0 bridgehead atoms. The molecule has 1 aromatic carbocycles. The first kappa shape index (κ1) is 13.1. The van der Waals surface area contributed by atoms with Crippen molar-refractivity contribution in [3.63, 3.8) is 0 Å². The predicted molar refractivity (Wildman–Crippen MR) is 81.9 cm³/mol. The Labute approximate surface area is 121 Å². The minimum atomic E-state index is -0.367. The lowest BCUT2D eigenvalue weighted by atomic mass is 10.1. The maximum Gasteiger partial charge on any atom is 0.293 e. The second kappa shape index (κ2) is 5.24. The summed E-state index contributed by atoms with van der Waals surface area (Å²) in [6.45, 7) is 2.01. The van der Waals surface area contributed by atoms with E-state index in [1.54, 1.807) is 18.5 Å². The Morgan fingerprint density at radius 1 is 1.29 bits per heavy atom. The third-order valence-electron chi connectivity index (χ3n) is 3.36. The summed E-state index contributed by atoms with van der Waals surface area (Å²) in [6.07, 6.45) is 4.18. The predicted octanol–water partition coefficient (Wildman–Crippen LogP) is 3.78. The van der Waals surface area contributed by atoms with Crippen LogP contribution in [0.3, 0.4) is 0 Å². The molecule has 0 saturated carbocycles. The Kier molecular flexibility index (Phi) is 3.27. The van der Waals surface area contributed by atoms with Gasteiger partial charge in [-0.2, -0.15) is 0 Å². The highest BCUT2D eigenvalue weighted by Gasteiger charge is 2.17. The Morgan fingerprint density at radius 3 is 2.71 bits per heavy atom. The van der Waals surface area contributed by atoms with E-state index in [9.17, 15) is 10.1 Å². The average Bonchev–Trinajstić information content (AvgIpc) is 2.93. The van der Waals surface area contributed by atoms with Crippen molar-refractivity contribution in [2.75, 3.05) is 5.32 Å². The number of rotatable bonds is 4. The van der Waals surface area contributed by atoms with Crippen LogP contribution in [-0.2, 0) is 6.42 Å². The van der Waals surface area contributed by atoms with Gasteiger partial charge in [-0.05, 0) is 30.7 Å². The molecular weight excluding hydrogens is 268 g/mol. The zero-order valence-electron chi connectivity index (χ0n) is 11.5. The Hall–Kier alpha value is -2.89.